The van der Waals surface area contributed by atoms with Gasteiger partial charge in [-0.25, -0.2) is 9.97 Å². The molecule has 2 rings (SSSR count). The van der Waals surface area contributed by atoms with E-state index in [2.05, 4.69) is 25.9 Å². The standard InChI is InChI=1S/C9H8BrN3/c1-7-5-13(6-12-7)8-3-2-4-11-9(8)10/h2-6H,1H3. The highest BCUT2D eigenvalue weighted by atomic mass is 79.9. The average molecular weight is 238 g/mol. The van der Waals surface area contributed by atoms with E-state index >= 15 is 0 Å². The number of nitrogens with zero attached hydrogens (tertiary/aromatic N) is 3. The average Bonchev–Trinajstić information content (AvgIpc) is 2.53. The zero-order chi connectivity index (χ0) is 9.26. The fourth-order valence-corrected chi connectivity index (χ4v) is 1.58. The summed E-state index contributed by atoms with van der Waals surface area (Å²) in [6.07, 6.45) is 5.48. The molecule has 0 spiro atoms. The summed E-state index contributed by atoms with van der Waals surface area (Å²) in [5.74, 6) is 0. The summed E-state index contributed by atoms with van der Waals surface area (Å²) in [4.78, 5) is 8.28. The molecule has 2 heterocycles. The predicted octanol–water partition coefficient (Wildman–Crippen LogP) is 2.34. The summed E-state index contributed by atoms with van der Waals surface area (Å²) in [7, 11) is 0. The van der Waals surface area contributed by atoms with Crippen molar-refractivity contribution in [2.24, 2.45) is 0 Å². The molecule has 0 fully saturated rings. The highest BCUT2D eigenvalue weighted by molar-refractivity contribution is 9.10. The van der Waals surface area contributed by atoms with Crippen LogP contribution in [0.15, 0.2) is 35.5 Å². The van der Waals surface area contributed by atoms with E-state index in [1.807, 2.05) is 29.8 Å². The van der Waals surface area contributed by atoms with Crippen molar-refractivity contribution in [3.63, 3.8) is 0 Å². The predicted molar refractivity (Wildman–Crippen MR) is 53.8 cm³/mol. The molecular formula is C9H8BrN3. The molecule has 0 N–H and O–H groups in total. The first-order chi connectivity index (χ1) is 6.27. The number of hydrogen-bond donors (Lipinski definition) is 0. The lowest BCUT2D eigenvalue weighted by atomic mass is 10.4. The second kappa shape index (κ2) is 3.30. The van der Waals surface area contributed by atoms with Gasteiger partial charge in [-0.05, 0) is 35.0 Å². The van der Waals surface area contributed by atoms with Crippen LogP contribution in [0.1, 0.15) is 5.69 Å². The fourth-order valence-electron chi connectivity index (χ4n) is 1.12. The smallest absolute Gasteiger partial charge is 0.130 e. The van der Waals surface area contributed by atoms with Crippen LogP contribution in [0.25, 0.3) is 5.69 Å². The lowest BCUT2D eigenvalue weighted by Gasteiger charge is -2.02. The second-order valence-electron chi connectivity index (χ2n) is 2.74. The Labute approximate surface area is 84.6 Å². The molecule has 3 nitrogen and oxygen atoms in total. The summed E-state index contributed by atoms with van der Waals surface area (Å²) in [6, 6.07) is 3.88. The van der Waals surface area contributed by atoms with E-state index in [1.54, 1.807) is 12.5 Å². The fraction of sp³-hybridized carbons (Fsp3) is 0.111. The molecule has 4 heteroatoms. The van der Waals surface area contributed by atoms with Crippen molar-refractivity contribution in [2.45, 2.75) is 6.92 Å². The monoisotopic (exact) mass is 237 g/mol. The molecule has 0 radical (unpaired) electrons. The number of aryl methyl sites for hydroxylation is 1. The van der Waals surface area contributed by atoms with Crippen molar-refractivity contribution in [3.05, 3.63) is 41.2 Å². The van der Waals surface area contributed by atoms with E-state index < -0.39 is 0 Å². The Morgan fingerprint density at radius 1 is 1.38 bits per heavy atom. The largest absolute Gasteiger partial charge is 0.303 e. The van der Waals surface area contributed by atoms with Crippen LogP contribution in [0.3, 0.4) is 0 Å². The summed E-state index contributed by atoms with van der Waals surface area (Å²) in [5, 5.41) is 0. The zero-order valence-electron chi connectivity index (χ0n) is 7.11. The second-order valence-corrected chi connectivity index (χ2v) is 3.49. The number of rotatable bonds is 1. The molecule has 0 aliphatic heterocycles. The maximum absolute atomic E-state index is 4.15. The Bertz CT molecular complexity index is 422. The topological polar surface area (TPSA) is 30.7 Å². The number of imidazole rings is 1. The van der Waals surface area contributed by atoms with Crippen LogP contribution in [0, 0.1) is 6.92 Å². The molecule has 0 saturated heterocycles. The number of halogens is 1. The maximum atomic E-state index is 4.15. The maximum Gasteiger partial charge on any atom is 0.130 e. The molecule has 0 aromatic carbocycles. The van der Waals surface area contributed by atoms with Crippen LogP contribution < -0.4 is 0 Å². The molecule has 0 aliphatic rings. The Morgan fingerprint density at radius 3 is 2.85 bits per heavy atom. The van der Waals surface area contributed by atoms with Crippen molar-refractivity contribution >= 4 is 15.9 Å². The van der Waals surface area contributed by atoms with Gasteiger partial charge in [0.1, 0.15) is 4.60 Å². The van der Waals surface area contributed by atoms with Crippen molar-refractivity contribution in [2.75, 3.05) is 0 Å². The first kappa shape index (κ1) is 8.44. The van der Waals surface area contributed by atoms with Crippen molar-refractivity contribution in [1.82, 2.24) is 14.5 Å². The van der Waals surface area contributed by atoms with Crippen molar-refractivity contribution in [3.8, 4) is 5.69 Å². The summed E-state index contributed by atoms with van der Waals surface area (Å²) in [5.41, 5.74) is 2.00. The molecule has 0 bridgehead atoms. The lowest BCUT2D eigenvalue weighted by molar-refractivity contribution is 1.02. The normalized spacial score (nSPS) is 10.3. The van der Waals surface area contributed by atoms with Gasteiger partial charge in [-0.1, -0.05) is 0 Å². The van der Waals surface area contributed by atoms with Gasteiger partial charge in [0.25, 0.3) is 0 Å². The Balaban J connectivity index is 2.52. The van der Waals surface area contributed by atoms with Gasteiger partial charge in [-0.3, -0.25) is 0 Å². The highest BCUT2D eigenvalue weighted by Crippen LogP contribution is 2.17. The molecule has 2 aromatic rings. The summed E-state index contributed by atoms with van der Waals surface area (Å²) in [6.45, 7) is 1.96. The van der Waals surface area contributed by atoms with Gasteiger partial charge in [0, 0.05) is 12.4 Å². The van der Waals surface area contributed by atoms with E-state index in [4.69, 9.17) is 0 Å². The van der Waals surface area contributed by atoms with Gasteiger partial charge in [0.2, 0.25) is 0 Å². The van der Waals surface area contributed by atoms with Gasteiger partial charge in [0.05, 0.1) is 17.7 Å². The third-order valence-corrected chi connectivity index (χ3v) is 2.34. The first-order valence-electron chi connectivity index (χ1n) is 3.89. The van der Waals surface area contributed by atoms with Gasteiger partial charge >= 0.3 is 0 Å². The quantitative estimate of drug-likeness (QED) is 0.714. The van der Waals surface area contributed by atoms with Crippen LogP contribution in [0.4, 0.5) is 0 Å². The summed E-state index contributed by atoms with van der Waals surface area (Å²) >= 11 is 3.38. The minimum Gasteiger partial charge on any atom is -0.303 e. The van der Waals surface area contributed by atoms with Gasteiger partial charge < -0.3 is 4.57 Å². The first-order valence-corrected chi connectivity index (χ1v) is 4.68. The van der Waals surface area contributed by atoms with Crippen LogP contribution >= 0.6 is 15.9 Å². The summed E-state index contributed by atoms with van der Waals surface area (Å²) < 4.78 is 2.76. The Kier molecular flexibility index (Phi) is 2.14. The van der Waals surface area contributed by atoms with Crippen LogP contribution in [-0.2, 0) is 0 Å². The van der Waals surface area contributed by atoms with Crippen LogP contribution in [0.2, 0.25) is 0 Å². The Morgan fingerprint density at radius 2 is 2.23 bits per heavy atom. The third kappa shape index (κ3) is 1.62. The van der Waals surface area contributed by atoms with Crippen LogP contribution in [0.5, 0.6) is 0 Å². The minimum atomic E-state index is 0.826. The molecule has 0 saturated carbocycles. The van der Waals surface area contributed by atoms with Gasteiger partial charge in [0.15, 0.2) is 0 Å². The Hall–Kier alpha value is -1.16. The van der Waals surface area contributed by atoms with Crippen LogP contribution in [-0.4, -0.2) is 14.5 Å². The number of aromatic nitrogens is 3. The lowest BCUT2D eigenvalue weighted by Crippen LogP contribution is -1.92. The van der Waals surface area contributed by atoms with Gasteiger partial charge in [-0.2, -0.15) is 0 Å². The van der Waals surface area contributed by atoms with E-state index in [9.17, 15) is 0 Å². The molecule has 0 amide bonds. The molecule has 13 heavy (non-hydrogen) atoms. The van der Waals surface area contributed by atoms with Crippen molar-refractivity contribution < 1.29 is 0 Å². The van der Waals surface area contributed by atoms with Crippen molar-refractivity contribution in [1.29, 1.82) is 0 Å². The molecule has 0 aliphatic carbocycles. The number of pyridine rings is 1. The highest BCUT2D eigenvalue weighted by Gasteiger charge is 2.01. The SMILES string of the molecule is Cc1cn(-c2cccnc2Br)cn1. The van der Waals surface area contributed by atoms with E-state index in [-0.39, 0.29) is 0 Å². The molecule has 0 unspecified atom stereocenters. The molecule has 0 atom stereocenters. The number of hydrogen-bond acceptors (Lipinski definition) is 2. The molecule has 2 aromatic heterocycles. The van der Waals surface area contributed by atoms with E-state index in [0.29, 0.717) is 0 Å². The molecular weight excluding hydrogens is 230 g/mol. The minimum absolute atomic E-state index is 0.826. The van der Waals surface area contributed by atoms with E-state index in [0.717, 1.165) is 16.0 Å². The third-order valence-electron chi connectivity index (χ3n) is 1.73. The van der Waals surface area contributed by atoms with Gasteiger partial charge in [-0.15, -0.1) is 0 Å². The van der Waals surface area contributed by atoms with E-state index in [1.165, 1.54) is 0 Å². The zero-order valence-corrected chi connectivity index (χ0v) is 8.69. The molecule has 66 valence electrons.